The van der Waals surface area contributed by atoms with Gasteiger partial charge in [-0.2, -0.15) is 9.78 Å². The van der Waals surface area contributed by atoms with Crippen LogP contribution in [-0.4, -0.2) is 31.7 Å². The van der Waals surface area contributed by atoms with Gasteiger partial charge in [0.1, 0.15) is 16.9 Å². The third-order valence-corrected chi connectivity index (χ3v) is 5.94. The molecule has 0 atom stereocenters. The summed E-state index contributed by atoms with van der Waals surface area (Å²) in [6.45, 7) is 1.99. The van der Waals surface area contributed by atoms with Crippen LogP contribution in [0.1, 0.15) is 21.5 Å². The van der Waals surface area contributed by atoms with Gasteiger partial charge < -0.3 is 16.0 Å². The fourth-order valence-electron chi connectivity index (χ4n) is 4.14. The Morgan fingerprint density at radius 2 is 1.71 bits per heavy atom. The lowest BCUT2D eigenvalue weighted by atomic mass is 10.2. The zero-order valence-electron chi connectivity index (χ0n) is 18.9. The molecule has 0 saturated carbocycles. The molecule has 0 spiro atoms. The Morgan fingerprint density at radius 3 is 2.51 bits per heavy atom. The summed E-state index contributed by atoms with van der Waals surface area (Å²) in [7, 11) is 0. The number of amides is 1. The highest BCUT2D eigenvalue weighted by molar-refractivity contribution is 6.16. The van der Waals surface area contributed by atoms with Gasteiger partial charge in [-0.05, 0) is 37.3 Å². The van der Waals surface area contributed by atoms with Crippen molar-refractivity contribution in [3.63, 3.8) is 0 Å². The number of hydrogen-bond acceptors (Lipinski definition) is 5. The number of carbonyl (C=O) groups excluding carboxylic acids is 1. The predicted molar refractivity (Wildman–Crippen MR) is 140 cm³/mol. The number of nitrogens with zero attached hydrogens (tertiary/aromatic N) is 4. The summed E-state index contributed by atoms with van der Waals surface area (Å²) in [5, 5.41) is 8.56. The van der Waals surface area contributed by atoms with Crippen molar-refractivity contribution in [1.29, 1.82) is 0 Å². The summed E-state index contributed by atoms with van der Waals surface area (Å²) >= 11 is 0. The fourth-order valence-corrected chi connectivity index (χ4v) is 4.14. The van der Waals surface area contributed by atoms with E-state index in [4.69, 9.17) is 15.7 Å². The number of fused-ring (bicyclic) bond motifs is 3. The van der Waals surface area contributed by atoms with E-state index in [2.05, 4.69) is 15.4 Å². The Balaban J connectivity index is 1.50. The van der Waals surface area contributed by atoms with Gasteiger partial charge in [-0.3, -0.25) is 4.79 Å². The lowest BCUT2D eigenvalue weighted by molar-refractivity contribution is 0.102. The van der Waals surface area contributed by atoms with Crippen molar-refractivity contribution in [2.75, 3.05) is 11.1 Å². The second-order valence-electron chi connectivity index (χ2n) is 8.31. The zero-order valence-corrected chi connectivity index (χ0v) is 18.9. The molecule has 0 radical (unpaired) electrons. The molecule has 3 aromatic carbocycles. The molecule has 3 aromatic heterocycles. The molecule has 1 amide bonds. The fraction of sp³-hybridized carbons (Fsp3) is 0.0370. The Morgan fingerprint density at radius 1 is 1.00 bits per heavy atom. The van der Waals surface area contributed by atoms with Gasteiger partial charge in [-0.1, -0.05) is 48.0 Å². The third kappa shape index (κ3) is 3.57. The molecule has 0 aliphatic rings. The minimum atomic E-state index is -0.373. The number of rotatable bonds is 4. The third-order valence-electron chi connectivity index (χ3n) is 5.94. The normalized spacial score (nSPS) is 11.7. The van der Waals surface area contributed by atoms with E-state index in [1.807, 2.05) is 85.9 Å². The van der Waals surface area contributed by atoms with Crippen molar-refractivity contribution in [2.45, 2.75) is 6.92 Å². The molecule has 35 heavy (non-hydrogen) atoms. The van der Waals surface area contributed by atoms with Gasteiger partial charge in [0.05, 0.1) is 17.2 Å². The van der Waals surface area contributed by atoms with E-state index < -0.39 is 0 Å². The number of aromatic amines is 1. The summed E-state index contributed by atoms with van der Waals surface area (Å²) in [5.74, 6) is -0.210. The molecular weight excluding hydrogens is 438 g/mol. The first-order valence-electron chi connectivity index (χ1n) is 11.1. The number of nitrogen functional groups attached to an aromatic ring is 1. The Bertz CT molecular complexity index is 1760. The van der Waals surface area contributed by atoms with E-state index >= 15 is 0 Å². The number of nitrogens with two attached hydrogens (primary N) is 1. The molecule has 6 rings (SSSR count). The lowest BCUT2D eigenvalue weighted by Crippen LogP contribution is -2.14. The van der Waals surface area contributed by atoms with E-state index in [-0.39, 0.29) is 17.3 Å². The van der Waals surface area contributed by atoms with Crippen molar-refractivity contribution >= 4 is 56.7 Å². The van der Waals surface area contributed by atoms with E-state index in [9.17, 15) is 4.79 Å². The maximum atomic E-state index is 13.4. The molecule has 0 fully saturated rings. The quantitative estimate of drug-likeness (QED) is 0.319. The number of aromatic nitrogens is 4. The maximum Gasteiger partial charge on any atom is 0.261 e. The van der Waals surface area contributed by atoms with Crippen LogP contribution in [0, 0.1) is 6.92 Å². The van der Waals surface area contributed by atoms with Crippen molar-refractivity contribution in [3.05, 3.63) is 95.7 Å². The van der Waals surface area contributed by atoms with Gasteiger partial charge in [0.25, 0.3) is 5.91 Å². The molecule has 0 bridgehead atoms. The average Bonchev–Trinajstić information content (AvgIpc) is 3.40. The second kappa shape index (κ2) is 8.11. The molecule has 0 aliphatic carbocycles. The zero-order chi connectivity index (χ0) is 23.9. The van der Waals surface area contributed by atoms with Crippen molar-refractivity contribution in [2.24, 2.45) is 5.10 Å². The number of anilines is 2. The van der Waals surface area contributed by atoms with E-state index in [1.165, 1.54) is 4.68 Å². The van der Waals surface area contributed by atoms with Crippen LogP contribution in [0.5, 0.6) is 0 Å². The van der Waals surface area contributed by atoms with Crippen LogP contribution in [0.2, 0.25) is 0 Å². The number of hydrogen-bond donors (Lipinski definition) is 3. The highest BCUT2D eigenvalue weighted by Gasteiger charge is 2.24. The summed E-state index contributed by atoms with van der Waals surface area (Å²) in [4.78, 5) is 26.1. The minimum Gasteiger partial charge on any atom is -0.383 e. The molecule has 0 unspecified atom stereocenters. The van der Waals surface area contributed by atoms with Crippen LogP contribution in [-0.2, 0) is 0 Å². The molecule has 0 aliphatic heterocycles. The number of benzene rings is 3. The van der Waals surface area contributed by atoms with Crippen LogP contribution in [0.3, 0.4) is 0 Å². The molecule has 3 heterocycles. The largest absolute Gasteiger partial charge is 0.383 e. The number of H-pyrrole nitrogens is 1. The van der Waals surface area contributed by atoms with Crippen LogP contribution >= 0.6 is 0 Å². The molecule has 8 heteroatoms. The van der Waals surface area contributed by atoms with Gasteiger partial charge >= 0.3 is 0 Å². The Labute approximate surface area is 200 Å². The molecule has 170 valence electrons. The number of para-hydroxylation sites is 3. The lowest BCUT2D eigenvalue weighted by Gasteiger charge is -2.06. The summed E-state index contributed by atoms with van der Waals surface area (Å²) < 4.78 is 1.47. The predicted octanol–water partition coefficient (Wildman–Crippen LogP) is 5.09. The molecule has 4 N–H and O–H groups in total. The van der Waals surface area contributed by atoms with Gasteiger partial charge in [0.2, 0.25) is 0 Å². The van der Waals surface area contributed by atoms with E-state index in [0.717, 1.165) is 22.0 Å². The molecule has 8 nitrogen and oxygen atoms in total. The number of aryl methyl sites for hydroxylation is 1. The van der Waals surface area contributed by atoms with Crippen LogP contribution in [0.15, 0.2) is 84.1 Å². The van der Waals surface area contributed by atoms with E-state index in [1.54, 1.807) is 6.21 Å². The first-order chi connectivity index (χ1) is 17.1. The highest BCUT2D eigenvalue weighted by atomic mass is 16.1. The SMILES string of the molecule is Cc1ccc(NC(=O)c2c(N)n(/N=C\c3c[nH]c4ccccc34)c3nc4ccccc4nc23)cc1. The van der Waals surface area contributed by atoms with Gasteiger partial charge in [-0.25, -0.2) is 9.97 Å². The summed E-state index contributed by atoms with van der Waals surface area (Å²) in [6, 6.07) is 23.0. The maximum absolute atomic E-state index is 13.4. The summed E-state index contributed by atoms with van der Waals surface area (Å²) in [5.41, 5.74) is 12.6. The van der Waals surface area contributed by atoms with Gasteiger partial charge in [0, 0.05) is 28.4 Å². The monoisotopic (exact) mass is 459 g/mol. The number of nitrogens with one attached hydrogen (secondary N) is 2. The second-order valence-corrected chi connectivity index (χ2v) is 8.31. The van der Waals surface area contributed by atoms with Crippen molar-refractivity contribution < 1.29 is 4.79 Å². The van der Waals surface area contributed by atoms with Crippen molar-refractivity contribution in [1.82, 2.24) is 19.6 Å². The molecule has 6 aromatic rings. The Kier molecular flexibility index (Phi) is 4.77. The Hall–Kier alpha value is -4.98. The standard InChI is InChI=1S/C27H21N7O/c1-16-10-12-18(13-11-16)31-27(35)23-24-26(33-22-9-5-4-8-21(22)32-24)34(25(23)28)30-15-17-14-29-20-7-3-2-6-19(17)20/h2-15,29H,28H2,1H3,(H,31,35)/b30-15-. The van der Waals surface area contributed by atoms with Gasteiger partial charge in [0.15, 0.2) is 5.65 Å². The molecular formula is C27H21N7O. The minimum absolute atomic E-state index is 0.163. The van der Waals surface area contributed by atoms with Crippen LogP contribution in [0.4, 0.5) is 11.5 Å². The van der Waals surface area contributed by atoms with Crippen LogP contribution in [0.25, 0.3) is 33.1 Å². The van der Waals surface area contributed by atoms with Crippen LogP contribution < -0.4 is 11.1 Å². The van der Waals surface area contributed by atoms with Crippen molar-refractivity contribution in [3.8, 4) is 0 Å². The average molecular weight is 460 g/mol. The number of carbonyl (C=O) groups is 1. The topological polar surface area (TPSA) is 114 Å². The first kappa shape index (κ1) is 20.6. The first-order valence-corrected chi connectivity index (χ1v) is 11.1. The van der Waals surface area contributed by atoms with E-state index in [0.29, 0.717) is 27.9 Å². The summed E-state index contributed by atoms with van der Waals surface area (Å²) in [6.07, 6.45) is 3.58. The smallest absolute Gasteiger partial charge is 0.261 e. The van der Waals surface area contributed by atoms with Gasteiger partial charge in [-0.15, -0.1) is 0 Å². The molecule has 0 saturated heterocycles. The highest BCUT2D eigenvalue weighted by Crippen LogP contribution is 2.29.